The van der Waals surface area contributed by atoms with E-state index in [1.807, 2.05) is 24.5 Å². The van der Waals surface area contributed by atoms with Gasteiger partial charge in [0.05, 0.1) is 29.6 Å². The molecule has 1 atom stereocenters. The van der Waals surface area contributed by atoms with Gasteiger partial charge < -0.3 is 20.0 Å². The highest BCUT2D eigenvalue weighted by atomic mass is 35.5. The van der Waals surface area contributed by atoms with E-state index in [0.29, 0.717) is 17.3 Å². The van der Waals surface area contributed by atoms with Crippen LogP contribution < -0.4 is 5.73 Å². The average molecular weight is 404 g/mol. The molecule has 0 aliphatic carbocycles. The second kappa shape index (κ2) is 8.43. The predicted molar refractivity (Wildman–Crippen MR) is 110 cm³/mol. The number of aliphatic hydroxyl groups excluding tert-OH is 1. The number of pyridine rings is 1. The van der Waals surface area contributed by atoms with Crippen molar-refractivity contribution in [2.24, 2.45) is 0 Å². The molecule has 0 aromatic carbocycles. The molecule has 28 heavy (non-hydrogen) atoms. The monoisotopic (exact) mass is 403 g/mol. The molecule has 4 heterocycles. The van der Waals surface area contributed by atoms with E-state index >= 15 is 0 Å². The molecule has 150 valence electrons. The van der Waals surface area contributed by atoms with E-state index in [1.54, 1.807) is 0 Å². The Kier molecular flexibility index (Phi) is 6.17. The van der Waals surface area contributed by atoms with Gasteiger partial charge in [-0.15, -0.1) is 0 Å². The Morgan fingerprint density at radius 2 is 2.04 bits per heavy atom. The summed E-state index contributed by atoms with van der Waals surface area (Å²) in [7, 11) is 0. The summed E-state index contributed by atoms with van der Waals surface area (Å²) in [6.45, 7) is 7.83. The van der Waals surface area contributed by atoms with Gasteiger partial charge in [-0.05, 0) is 25.0 Å². The van der Waals surface area contributed by atoms with Crippen LogP contribution in [0.1, 0.15) is 39.3 Å². The summed E-state index contributed by atoms with van der Waals surface area (Å²) < 4.78 is 6.99. The van der Waals surface area contributed by atoms with Gasteiger partial charge in [-0.1, -0.05) is 32.4 Å². The fourth-order valence-electron chi connectivity index (χ4n) is 2.98. The summed E-state index contributed by atoms with van der Waals surface area (Å²) in [6.07, 6.45) is 7.14. The number of nitrogen functional groups attached to an aromatic ring is 1. The fraction of sp³-hybridized carbons (Fsp3) is 0.450. The minimum absolute atomic E-state index is 0.00741. The second-order valence-corrected chi connectivity index (χ2v) is 8.24. The lowest BCUT2D eigenvalue weighted by atomic mass is 9.93. The van der Waals surface area contributed by atoms with E-state index in [0.717, 1.165) is 36.4 Å². The summed E-state index contributed by atoms with van der Waals surface area (Å²) in [6, 6.07) is 3.88. The lowest BCUT2D eigenvalue weighted by Crippen LogP contribution is -2.21. The highest BCUT2D eigenvalue weighted by Crippen LogP contribution is 2.28. The van der Waals surface area contributed by atoms with Crippen molar-refractivity contribution in [1.82, 2.24) is 19.4 Å². The number of halogens is 1. The summed E-state index contributed by atoms with van der Waals surface area (Å²) in [5.41, 5.74) is 9.17. The van der Waals surface area contributed by atoms with Gasteiger partial charge in [0, 0.05) is 35.7 Å². The minimum Gasteiger partial charge on any atom is -0.391 e. The minimum atomic E-state index is -0.186. The van der Waals surface area contributed by atoms with Crippen molar-refractivity contribution in [3.8, 4) is 11.3 Å². The largest absolute Gasteiger partial charge is 0.391 e. The summed E-state index contributed by atoms with van der Waals surface area (Å²) in [5.74, 6) is 0.205. The zero-order valence-corrected chi connectivity index (χ0v) is 17.1. The SMILES string of the molecule is CC(C)(C)c1cnc2ccc(-c3nc(N)ncc3Cl)cn12.OC1CCCOC1. The fourth-order valence-corrected chi connectivity index (χ4v) is 3.18. The molecular weight excluding hydrogens is 378 g/mol. The molecule has 0 bridgehead atoms. The summed E-state index contributed by atoms with van der Waals surface area (Å²) >= 11 is 6.18. The molecule has 3 aromatic rings. The number of hydrogen-bond acceptors (Lipinski definition) is 6. The van der Waals surface area contributed by atoms with Gasteiger partial charge in [-0.25, -0.2) is 15.0 Å². The van der Waals surface area contributed by atoms with Crippen molar-refractivity contribution in [1.29, 1.82) is 0 Å². The number of nitrogens with two attached hydrogens (primary N) is 1. The number of imidazole rings is 1. The van der Waals surface area contributed by atoms with Crippen molar-refractivity contribution in [3.63, 3.8) is 0 Å². The van der Waals surface area contributed by atoms with Crippen LogP contribution in [-0.4, -0.2) is 43.8 Å². The van der Waals surface area contributed by atoms with E-state index in [4.69, 9.17) is 27.2 Å². The molecule has 0 amide bonds. The van der Waals surface area contributed by atoms with Crippen LogP contribution in [0.4, 0.5) is 5.95 Å². The van der Waals surface area contributed by atoms with Crippen molar-refractivity contribution >= 4 is 23.2 Å². The number of nitrogens with zero attached hydrogens (tertiary/aromatic N) is 4. The Morgan fingerprint density at radius 3 is 2.64 bits per heavy atom. The smallest absolute Gasteiger partial charge is 0.220 e. The third kappa shape index (κ3) is 4.79. The molecule has 1 unspecified atom stereocenters. The number of hydrogen-bond donors (Lipinski definition) is 2. The normalized spacial score (nSPS) is 17.2. The third-order valence-electron chi connectivity index (χ3n) is 4.45. The number of aromatic nitrogens is 4. The highest BCUT2D eigenvalue weighted by Gasteiger charge is 2.19. The van der Waals surface area contributed by atoms with Gasteiger partial charge in [0.25, 0.3) is 0 Å². The molecular formula is C20H26ClN5O2. The maximum Gasteiger partial charge on any atom is 0.220 e. The van der Waals surface area contributed by atoms with E-state index < -0.39 is 0 Å². The molecule has 4 rings (SSSR count). The van der Waals surface area contributed by atoms with Crippen molar-refractivity contribution in [3.05, 3.63) is 41.4 Å². The molecule has 3 aromatic heterocycles. The van der Waals surface area contributed by atoms with Crippen LogP contribution in [-0.2, 0) is 10.2 Å². The first kappa shape index (κ1) is 20.5. The zero-order valence-electron chi connectivity index (χ0n) is 16.4. The first-order valence-corrected chi connectivity index (χ1v) is 9.65. The van der Waals surface area contributed by atoms with Gasteiger partial charge >= 0.3 is 0 Å². The molecule has 1 saturated heterocycles. The Balaban J connectivity index is 0.000000271. The van der Waals surface area contributed by atoms with Gasteiger partial charge in [-0.3, -0.25) is 0 Å². The van der Waals surface area contributed by atoms with Gasteiger partial charge in [-0.2, -0.15) is 0 Å². The summed E-state index contributed by atoms with van der Waals surface area (Å²) in [4.78, 5) is 12.5. The van der Waals surface area contributed by atoms with Crippen LogP contribution in [0.25, 0.3) is 16.9 Å². The van der Waals surface area contributed by atoms with Crippen LogP contribution in [0.15, 0.2) is 30.7 Å². The maximum atomic E-state index is 8.78. The zero-order chi connectivity index (χ0) is 20.3. The Labute approximate surface area is 169 Å². The van der Waals surface area contributed by atoms with E-state index in [1.165, 1.54) is 6.20 Å². The van der Waals surface area contributed by atoms with Crippen LogP contribution in [0.2, 0.25) is 5.02 Å². The number of ether oxygens (including phenoxy) is 1. The number of aliphatic hydroxyl groups is 1. The Morgan fingerprint density at radius 1 is 1.25 bits per heavy atom. The molecule has 0 saturated carbocycles. The molecule has 0 radical (unpaired) electrons. The molecule has 1 aliphatic rings. The highest BCUT2D eigenvalue weighted by molar-refractivity contribution is 6.32. The molecule has 3 N–H and O–H groups in total. The van der Waals surface area contributed by atoms with Crippen molar-refractivity contribution < 1.29 is 9.84 Å². The van der Waals surface area contributed by atoms with Crippen molar-refractivity contribution in [2.45, 2.75) is 45.1 Å². The molecule has 8 heteroatoms. The topological polar surface area (TPSA) is 98.6 Å². The van der Waals surface area contributed by atoms with Crippen LogP contribution in [0.3, 0.4) is 0 Å². The van der Waals surface area contributed by atoms with Crippen LogP contribution in [0.5, 0.6) is 0 Å². The lowest BCUT2D eigenvalue weighted by molar-refractivity contribution is -0.00535. The lowest BCUT2D eigenvalue weighted by Gasteiger charge is -2.18. The van der Waals surface area contributed by atoms with E-state index in [9.17, 15) is 0 Å². The first-order chi connectivity index (χ1) is 13.3. The average Bonchev–Trinajstić information content (AvgIpc) is 3.08. The van der Waals surface area contributed by atoms with E-state index in [2.05, 4.69) is 40.1 Å². The van der Waals surface area contributed by atoms with Gasteiger partial charge in [0.15, 0.2) is 0 Å². The van der Waals surface area contributed by atoms with Gasteiger partial charge in [0.1, 0.15) is 5.65 Å². The Hall–Kier alpha value is -2.22. The molecule has 1 aliphatic heterocycles. The predicted octanol–water partition coefficient (Wildman–Crippen LogP) is 3.48. The number of fused-ring (bicyclic) bond motifs is 1. The first-order valence-electron chi connectivity index (χ1n) is 9.27. The van der Waals surface area contributed by atoms with Gasteiger partial charge in [0.2, 0.25) is 5.95 Å². The maximum absolute atomic E-state index is 8.78. The third-order valence-corrected chi connectivity index (χ3v) is 4.72. The van der Waals surface area contributed by atoms with E-state index in [-0.39, 0.29) is 17.5 Å². The van der Waals surface area contributed by atoms with Crippen molar-refractivity contribution in [2.75, 3.05) is 18.9 Å². The number of rotatable bonds is 1. The molecule has 0 spiro atoms. The second-order valence-electron chi connectivity index (χ2n) is 7.84. The summed E-state index contributed by atoms with van der Waals surface area (Å²) in [5, 5.41) is 9.26. The Bertz CT molecular complexity index is 945. The molecule has 7 nitrogen and oxygen atoms in total. The number of anilines is 1. The van der Waals surface area contributed by atoms with Crippen LogP contribution in [0, 0.1) is 0 Å². The van der Waals surface area contributed by atoms with Crippen LogP contribution >= 0.6 is 11.6 Å². The standard InChI is InChI=1S/C15H16ClN5.C5H10O2/c1-15(2,3)11-7-18-12-5-4-9(8-21(11)12)13-10(16)6-19-14(17)20-13;6-5-2-1-3-7-4-5/h4-8H,1-3H3,(H2,17,19,20);5-6H,1-4H2. The quantitative estimate of drug-likeness (QED) is 0.645. The molecule has 1 fully saturated rings.